The molecule has 148 valence electrons. The molecule has 1 saturated heterocycles. The van der Waals surface area contributed by atoms with E-state index in [1.54, 1.807) is 30.6 Å². The van der Waals surface area contributed by atoms with Crippen LogP contribution in [0.5, 0.6) is 0 Å². The lowest BCUT2D eigenvalue weighted by atomic mass is 10.1. The van der Waals surface area contributed by atoms with E-state index in [4.69, 9.17) is 11.6 Å². The van der Waals surface area contributed by atoms with Crippen molar-refractivity contribution < 1.29 is 4.79 Å². The summed E-state index contributed by atoms with van der Waals surface area (Å²) in [5, 5.41) is 6.91. The maximum Gasteiger partial charge on any atom is 0.257 e. The molecule has 7 heteroatoms. The first-order chi connectivity index (χ1) is 14.1. The Morgan fingerprint density at radius 3 is 2.83 bits per heavy atom. The van der Waals surface area contributed by atoms with Gasteiger partial charge in [-0.25, -0.2) is 4.98 Å². The predicted octanol–water partition coefficient (Wildman–Crippen LogP) is 3.85. The van der Waals surface area contributed by atoms with Crippen molar-refractivity contribution in [2.75, 3.05) is 29.9 Å². The van der Waals surface area contributed by atoms with Crippen LogP contribution in [0.1, 0.15) is 17.3 Å². The zero-order chi connectivity index (χ0) is 20.2. The SMILES string of the molecule is CC1CN(c2ccc(C(=O)Nc3ccc(Cl)c(-c4ccccn4)c3)cn2)CCN1. The number of pyridine rings is 2. The van der Waals surface area contributed by atoms with Gasteiger partial charge < -0.3 is 15.5 Å². The van der Waals surface area contributed by atoms with Gasteiger partial charge >= 0.3 is 0 Å². The number of carbonyl (C=O) groups is 1. The van der Waals surface area contributed by atoms with Crippen molar-refractivity contribution in [1.82, 2.24) is 15.3 Å². The van der Waals surface area contributed by atoms with Gasteiger partial charge in [0.05, 0.1) is 16.3 Å². The molecule has 2 aromatic heterocycles. The van der Waals surface area contributed by atoms with E-state index in [0.717, 1.165) is 36.7 Å². The molecule has 1 aliphatic rings. The molecule has 1 aliphatic heterocycles. The Hall–Kier alpha value is -2.96. The van der Waals surface area contributed by atoms with Crippen LogP contribution >= 0.6 is 11.6 Å². The maximum absolute atomic E-state index is 12.7. The molecule has 1 atom stereocenters. The topological polar surface area (TPSA) is 70.2 Å². The van der Waals surface area contributed by atoms with E-state index < -0.39 is 0 Å². The Morgan fingerprint density at radius 1 is 1.21 bits per heavy atom. The van der Waals surface area contributed by atoms with Crippen LogP contribution < -0.4 is 15.5 Å². The Kier molecular flexibility index (Phi) is 5.74. The minimum absolute atomic E-state index is 0.216. The van der Waals surface area contributed by atoms with Gasteiger partial charge in [0.2, 0.25) is 0 Å². The van der Waals surface area contributed by atoms with E-state index in [1.807, 2.05) is 30.3 Å². The van der Waals surface area contributed by atoms with Crippen molar-refractivity contribution in [2.45, 2.75) is 13.0 Å². The van der Waals surface area contributed by atoms with Crippen molar-refractivity contribution in [3.05, 3.63) is 71.5 Å². The minimum atomic E-state index is -0.216. The highest BCUT2D eigenvalue weighted by Gasteiger charge is 2.17. The molecule has 6 nitrogen and oxygen atoms in total. The summed E-state index contributed by atoms with van der Waals surface area (Å²) in [7, 11) is 0. The largest absolute Gasteiger partial charge is 0.354 e. The first-order valence-corrected chi connectivity index (χ1v) is 9.94. The standard InChI is InChI=1S/C22H22ClN5O/c1-15-14-28(11-10-24-15)21-8-5-16(13-26-21)22(29)27-17-6-7-19(23)18(12-17)20-4-2-3-9-25-20/h2-9,12-13,15,24H,10-11,14H2,1H3,(H,27,29). The normalized spacial score (nSPS) is 16.5. The Morgan fingerprint density at radius 2 is 2.10 bits per heavy atom. The number of halogens is 1. The Balaban J connectivity index is 1.48. The number of carbonyl (C=O) groups excluding carboxylic acids is 1. The summed E-state index contributed by atoms with van der Waals surface area (Å²) in [6.45, 7) is 4.89. The van der Waals surface area contributed by atoms with Gasteiger partial charge in [0.15, 0.2) is 0 Å². The monoisotopic (exact) mass is 407 g/mol. The number of rotatable bonds is 4. The molecule has 1 unspecified atom stereocenters. The molecule has 4 rings (SSSR count). The van der Waals surface area contributed by atoms with Crippen LogP contribution in [0.3, 0.4) is 0 Å². The lowest BCUT2D eigenvalue weighted by molar-refractivity contribution is 0.102. The molecule has 0 spiro atoms. The van der Waals surface area contributed by atoms with Crippen LogP contribution in [-0.4, -0.2) is 41.6 Å². The fourth-order valence-electron chi connectivity index (χ4n) is 3.37. The molecule has 0 aliphatic carbocycles. The number of amides is 1. The molecule has 0 saturated carbocycles. The van der Waals surface area contributed by atoms with Crippen LogP contribution in [0.25, 0.3) is 11.3 Å². The summed E-state index contributed by atoms with van der Waals surface area (Å²) in [5.74, 6) is 0.672. The van der Waals surface area contributed by atoms with Gasteiger partial charge in [0.1, 0.15) is 5.82 Å². The van der Waals surface area contributed by atoms with E-state index in [0.29, 0.717) is 22.3 Å². The number of aromatic nitrogens is 2. The second kappa shape index (κ2) is 8.59. The van der Waals surface area contributed by atoms with Crippen LogP contribution in [0.4, 0.5) is 11.5 Å². The molecule has 29 heavy (non-hydrogen) atoms. The van der Waals surface area contributed by atoms with E-state index in [-0.39, 0.29) is 5.91 Å². The molecule has 0 bridgehead atoms. The number of nitrogens with zero attached hydrogens (tertiary/aromatic N) is 3. The lowest BCUT2D eigenvalue weighted by Crippen LogP contribution is -2.49. The van der Waals surface area contributed by atoms with Crippen LogP contribution in [0, 0.1) is 0 Å². The fourth-order valence-corrected chi connectivity index (χ4v) is 3.59. The van der Waals surface area contributed by atoms with Gasteiger partial charge in [0, 0.05) is 49.3 Å². The summed E-state index contributed by atoms with van der Waals surface area (Å²) >= 11 is 6.31. The van der Waals surface area contributed by atoms with Crippen molar-refractivity contribution in [3.8, 4) is 11.3 Å². The molecule has 1 fully saturated rings. The van der Waals surface area contributed by atoms with E-state index in [9.17, 15) is 4.79 Å². The van der Waals surface area contributed by atoms with Crippen molar-refractivity contribution in [2.24, 2.45) is 0 Å². The summed E-state index contributed by atoms with van der Waals surface area (Å²) in [5.41, 5.74) is 2.68. The van der Waals surface area contributed by atoms with Crippen molar-refractivity contribution >= 4 is 29.0 Å². The average molecular weight is 408 g/mol. The summed E-state index contributed by atoms with van der Waals surface area (Å²) < 4.78 is 0. The fraction of sp³-hybridized carbons (Fsp3) is 0.227. The van der Waals surface area contributed by atoms with Crippen molar-refractivity contribution in [3.63, 3.8) is 0 Å². The van der Waals surface area contributed by atoms with Crippen LogP contribution in [0.15, 0.2) is 60.9 Å². The Bertz CT molecular complexity index is 994. The zero-order valence-corrected chi connectivity index (χ0v) is 16.9. The quantitative estimate of drug-likeness (QED) is 0.687. The smallest absolute Gasteiger partial charge is 0.257 e. The average Bonchev–Trinajstić information content (AvgIpc) is 2.76. The number of piperazine rings is 1. The highest BCUT2D eigenvalue weighted by molar-refractivity contribution is 6.33. The minimum Gasteiger partial charge on any atom is -0.354 e. The number of benzene rings is 1. The molecule has 3 aromatic rings. The van der Waals surface area contributed by atoms with Crippen LogP contribution in [0.2, 0.25) is 5.02 Å². The highest BCUT2D eigenvalue weighted by Crippen LogP contribution is 2.29. The van der Waals surface area contributed by atoms with Crippen LogP contribution in [-0.2, 0) is 0 Å². The summed E-state index contributed by atoms with van der Waals surface area (Å²) in [6.07, 6.45) is 3.33. The third kappa shape index (κ3) is 4.55. The predicted molar refractivity (Wildman–Crippen MR) is 117 cm³/mol. The molecule has 1 amide bonds. The molecular weight excluding hydrogens is 386 g/mol. The lowest BCUT2D eigenvalue weighted by Gasteiger charge is -2.32. The molecule has 1 aromatic carbocycles. The Labute approximate surface area is 174 Å². The maximum atomic E-state index is 12.7. The number of nitrogens with one attached hydrogen (secondary N) is 2. The molecule has 2 N–H and O–H groups in total. The number of hydrogen-bond acceptors (Lipinski definition) is 5. The van der Waals surface area contributed by atoms with Gasteiger partial charge in [0.25, 0.3) is 5.91 Å². The highest BCUT2D eigenvalue weighted by atomic mass is 35.5. The first kappa shape index (κ1) is 19.4. The van der Waals surface area contributed by atoms with E-state index >= 15 is 0 Å². The summed E-state index contributed by atoms with van der Waals surface area (Å²) in [6, 6.07) is 15.1. The second-order valence-electron chi connectivity index (χ2n) is 7.07. The van der Waals surface area contributed by atoms with Gasteiger partial charge in [-0.3, -0.25) is 9.78 Å². The number of anilines is 2. The van der Waals surface area contributed by atoms with Gasteiger partial charge in [-0.1, -0.05) is 17.7 Å². The summed E-state index contributed by atoms with van der Waals surface area (Å²) in [4.78, 5) is 23.7. The van der Waals surface area contributed by atoms with E-state index in [2.05, 4.69) is 32.4 Å². The third-order valence-electron chi connectivity index (χ3n) is 4.87. The number of hydrogen-bond donors (Lipinski definition) is 2. The molecular formula is C22H22ClN5O. The third-order valence-corrected chi connectivity index (χ3v) is 5.20. The van der Waals surface area contributed by atoms with Gasteiger partial charge in [-0.15, -0.1) is 0 Å². The van der Waals surface area contributed by atoms with Crippen molar-refractivity contribution in [1.29, 1.82) is 0 Å². The second-order valence-corrected chi connectivity index (χ2v) is 7.48. The molecule has 3 heterocycles. The van der Waals surface area contributed by atoms with E-state index in [1.165, 1.54) is 0 Å². The molecule has 0 radical (unpaired) electrons. The van der Waals surface area contributed by atoms with Gasteiger partial charge in [-0.05, 0) is 49.4 Å². The van der Waals surface area contributed by atoms with Gasteiger partial charge in [-0.2, -0.15) is 0 Å². The first-order valence-electron chi connectivity index (χ1n) is 9.57. The zero-order valence-electron chi connectivity index (χ0n) is 16.1.